The molecule has 0 fully saturated rings. The van der Waals surface area contributed by atoms with Crippen molar-refractivity contribution >= 4 is 27.3 Å². The Balaban J connectivity index is 2.23. The summed E-state index contributed by atoms with van der Waals surface area (Å²) in [6.07, 6.45) is -0.517. The third kappa shape index (κ3) is 3.66. The number of aryl methyl sites for hydroxylation is 1. The van der Waals surface area contributed by atoms with Crippen LogP contribution < -0.4 is 11.4 Å². The van der Waals surface area contributed by atoms with Gasteiger partial charge in [-0.3, -0.25) is 4.57 Å². The first-order chi connectivity index (χ1) is 9.92. The molecule has 0 aromatic carbocycles. The molecule has 0 aliphatic heterocycles. The second-order valence-electron chi connectivity index (χ2n) is 4.42. The van der Waals surface area contributed by atoms with Gasteiger partial charge in [-0.2, -0.15) is 13.9 Å². The van der Waals surface area contributed by atoms with Crippen molar-refractivity contribution in [3.63, 3.8) is 0 Å². The van der Waals surface area contributed by atoms with Crippen molar-refractivity contribution in [3.05, 3.63) is 48.8 Å². The molecule has 9 heteroatoms. The van der Waals surface area contributed by atoms with E-state index in [4.69, 9.17) is 5.73 Å². The maximum absolute atomic E-state index is 12.6. The summed E-state index contributed by atoms with van der Waals surface area (Å²) in [7, 11) is 0. The SMILES string of the molecule is Cc1cc(Br)sc1Cn1cnn(CC(CN)=C(F)F)c1=O. The van der Waals surface area contributed by atoms with Gasteiger partial charge in [-0.15, -0.1) is 11.3 Å². The summed E-state index contributed by atoms with van der Waals surface area (Å²) >= 11 is 4.91. The lowest BCUT2D eigenvalue weighted by atomic mass is 10.3. The van der Waals surface area contributed by atoms with Crippen molar-refractivity contribution < 1.29 is 8.78 Å². The molecule has 0 radical (unpaired) electrons. The van der Waals surface area contributed by atoms with Gasteiger partial charge in [-0.25, -0.2) is 9.48 Å². The van der Waals surface area contributed by atoms with Gasteiger partial charge in [-0.1, -0.05) is 0 Å². The molecular weight excluding hydrogens is 366 g/mol. The highest BCUT2D eigenvalue weighted by atomic mass is 79.9. The minimum absolute atomic E-state index is 0.294. The second kappa shape index (κ2) is 6.63. The summed E-state index contributed by atoms with van der Waals surface area (Å²) in [5.74, 6) is 0. The Hall–Kier alpha value is -1.32. The van der Waals surface area contributed by atoms with Crippen LogP contribution in [0, 0.1) is 6.92 Å². The Morgan fingerprint density at radius 3 is 2.76 bits per heavy atom. The maximum Gasteiger partial charge on any atom is 0.346 e. The fourth-order valence-electron chi connectivity index (χ4n) is 1.76. The molecule has 0 bridgehead atoms. The van der Waals surface area contributed by atoms with E-state index in [1.54, 1.807) is 0 Å². The standard InChI is InChI=1S/C12H13BrF2N4OS/c1-7-2-10(13)21-9(7)5-18-6-17-19(12(18)20)4-8(3-16)11(14)15/h2,6H,3-5,16H2,1H3. The summed E-state index contributed by atoms with van der Waals surface area (Å²) in [5, 5.41) is 3.86. The number of rotatable bonds is 5. The molecule has 2 N–H and O–H groups in total. The lowest BCUT2D eigenvalue weighted by Gasteiger charge is -2.02. The van der Waals surface area contributed by atoms with E-state index in [1.807, 2.05) is 13.0 Å². The van der Waals surface area contributed by atoms with Crippen molar-refractivity contribution in [2.45, 2.75) is 20.0 Å². The minimum atomic E-state index is -1.86. The molecule has 0 unspecified atom stereocenters. The van der Waals surface area contributed by atoms with Crippen molar-refractivity contribution in [1.29, 1.82) is 0 Å². The van der Waals surface area contributed by atoms with Crippen LogP contribution in [0.15, 0.2) is 32.6 Å². The van der Waals surface area contributed by atoms with E-state index in [0.717, 1.165) is 18.9 Å². The molecule has 0 saturated heterocycles. The topological polar surface area (TPSA) is 65.8 Å². The molecule has 21 heavy (non-hydrogen) atoms. The minimum Gasteiger partial charge on any atom is -0.327 e. The van der Waals surface area contributed by atoms with Crippen molar-refractivity contribution in [2.75, 3.05) is 6.54 Å². The Bertz CT molecular complexity index is 730. The van der Waals surface area contributed by atoms with Gasteiger partial charge in [-0.05, 0) is 34.5 Å². The van der Waals surface area contributed by atoms with Crippen LogP contribution in [0.25, 0.3) is 0 Å². The third-order valence-electron chi connectivity index (χ3n) is 2.96. The van der Waals surface area contributed by atoms with Gasteiger partial charge in [0.15, 0.2) is 0 Å². The highest BCUT2D eigenvalue weighted by molar-refractivity contribution is 9.11. The molecular formula is C12H13BrF2N4OS. The molecule has 0 aliphatic rings. The van der Waals surface area contributed by atoms with Gasteiger partial charge in [0, 0.05) is 17.0 Å². The highest BCUT2D eigenvalue weighted by Crippen LogP contribution is 2.26. The molecule has 2 heterocycles. The Morgan fingerprint density at radius 2 is 2.24 bits per heavy atom. The van der Waals surface area contributed by atoms with Crippen molar-refractivity contribution in [3.8, 4) is 0 Å². The summed E-state index contributed by atoms with van der Waals surface area (Å²) in [4.78, 5) is 13.1. The summed E-state index contributed by atoms with van der Waals surface area (Å²) in [6, 6.07) is 1.96. The van der Waals surface area contributed by atoms with Crippen molar-refractivity contribution in [2.24, 2.45) is 5.73 Å². The zero-order valence-corrected chi connectivity index (χ0v) is 13.5. The average molecular weight is 379 g/mol. The van der Waals surface area contributed by atoms with E-state index in [9.17, 15) is 13.6 Å². The molecule has 0 aliphatic carbocycles. The fraction of sp³-hybridized carbons (Fsp3) is 0.333. The number of thiophene rings is 1. The van der Waals surface area contributed by atoms with Crippen LogP contribution in [0.5, 0.6) is 0 Å². The number of hydrogen-bond acceptors (Lipinski definition) is 4. The molecule has 0 spiro atoms. The molecule has 114 valence electrons. The molecule has 5 nitrogen and oxygen atoms in total. The molecule has 0 atom stereocenters. The maximum atomic E-state index is 12.6. The van der Waals surface area contributed by atoms with E-state index in [2.05, 4.69) is 21.0 Å². The lowest BCUT2D eigenvalue weighted by molar-refractivity contribution is 0.400. The molecule has 2 aromatic rings. The number of aromatic nitrogens is 3. The van der Waals surface area contributed by atoms with Crippen LogP contribution in [0.1, 0.15) is 10.4 Å². The van der Waals surface area contributed by atoms with Crippen LogP contribution in [-0.4, -0.2) is 20.9 Å². The van der Waals surface area contributed by atoms with Gasteiger partial charge in [0.25, 0.3) is 6.08 Å². The van der Waals surface area contributed by atoms with E-state index < -0.39 is 11.8 Å². The third-order valence-corrected chi connectivity index (χ3v) is 4.68. The van der Waals surface area contributed by atoms with Crippen LogP contribution >= 0.6 is 27.3 Å². The number of hydrogen-bond donors (Lipinski definition) is 1. The average Bonchev–Trinajstić information content (AvgIpc) is 2.91. The number of nitrogens with zero attached hydrogens (tertiary/aromatic N) is 3. The molecule has 0 saturated carbocycles. The van der Waals surface area contributed by atoms with Crippen LogP contribution in [0.2, 0.25) is 0 Å². The molecule has 0 amide bonds. The molecule has 2 aromatic heterocycles. The second-order valence-corrected chi connectivity index (χ2v) is 6.94. The zero-order valence-electron chi connectivity index (χ0n) is 11.1. The van der Waals surface area contributed by atoms with Gasteiger partial charge < -0.3 is 5.73 Å². The fourth-order valence-corrected chi connectivity index (χ4v) is 3.59. The normalized spacial score (nSPS) is 10.9. The first-order valence-electron chi connectivity index (χ1n) is 6.02. The van der Waals surface area contributed by atoms with Gasteiger partial charge in [0.1, 0.15) is 6.33 Å². The number of halogens is 3. The first-order valence-corrected chi connectivity index (χ1v) is 7.63. The smallest absolute Gasteiger partial charge is 0.327 e. The Kier molecular flexibility index (Phi) is 5.07. The zero-order chi connectivity index (χ0) is 15.6. The largest absolute Gasteiger partial charge is 0.346 e. The van der Waals surface area contributed by atoms with E-state index >= 15 is 0 Å². The van der Waals surface area contributed by atoms with Crippen LogP contribution in [0.3, 0.4) is 0 Å². The van der Waals surface area contributed by atoms with Gasteiger partial charge in [0.05, 0.1) is 16.9 Å². The predicted octanol–water partition coefficient (Wildman–Crippen LogP) is 2.33. The molecule has 2 rings (SSSR count). The van der Waals surface area contributed by atoms with Crippen LogP contribution in [0.4, 0.5) is 8.78 Å². The Labute approximate surface area is 131 Å². The number of nitrogens with two attached hydrogens (primary N) is 1. The van der Waals surface area contributed by atoms with Gasteiger partial charge >= 0.3 is 5.69 Å². The Morgan fingerprint density at radius 1 is 1.52 bits per heavy atom. The predicted molar refractivity (Wildman–Crippen MR) is 80.6 cm³/mol. The van der Waals surface area contributed by atoms with E-state index in [0.29, 0.717) is 6.54 Å². The lowest BCUT2D eigenvalue weighted by Crippen LogP contribution is -2.27. The van der Waals surface area contributed by atoms with Gasteiger partial charge in [0.2, 0.25) is 0 Å². The van der Waals surface area contributed by atoms with E-state index in [-0.39, 0.29) is 18.7 Å². The monoisotopic (exact) mass is 378 g/mol. The summed E-state index contributed by atoms with van der Waals surface area (Å²) in [5.41, 5.74) is 5.56. The summed E-state index contributed by atoms with van der Waals surface area (Å²) in [6.45, 7) is 1.71. The van der Waals surface area contributed by atoms with E-state index in [1.165, 1.54) is 22.2 Å². The van der Waals surface area contributed by atoms with Crippen LogP contribution in [-0.2, 0) is 13.1 Å². The summed E-state index contributed by atoms with van der Waals surface area (Å²) < 4.78 is 28.5. The first kappa shape index (κ1) is 16.1. The highest BCUT2D eigenvalue weighted by Gasteiger charge is 2.12. The van der Waals surface area contributed by atoms with Crippen molar-refractivity contribution in [1.82, 2.24) is 14.3 Å². The quantitative estimate of drug-likeness (QED) is 0.867.